The summed E-state index contributed by atoms with van der Waals surface area (Å²) >= 11 is 0. The number of carbonyl (C=O) groups excluding carboxylic acids is 1. The van der Waals surface area contributed by atoms with E-state index in [0.29, 0.717) is 43.6 Å². The first kappa shape index (κ1) is 22.4. The Morgan fingerprint density at radius 3 is 2.50 bits per heavy atom. The molecule has 0 radical (unpaired) electrons. The fourth-order valence-electron chi connectivity index (χ4n) is 3.57. The van der Waals surface area contributed by atoms with Crippen molar-refractivity contribution in [3.8, 4) is 11.5 Å². The van der Waals surface area contributed by atoms with Gasteiger partial charge in [0, 0.05) is 25.6 Å². The number of morpholine rings is 1. The summed E-state index contributed by atoms with van der Waals surface area (Å²) in [5.74, 6) is 0.428. The lowest BCUT2D eigenvalue weighted by molar-refractivity contribution is -0.117. The van der Waals surface area contributed by atoms with E-state index in [1.54, 1.807) is 12.1 Å². The largest absolute Gasteiger partial charge is 0.490 e. The minimum atomic E-state index is -3.95. The first-order chi connectivity index (χ1) is 15.4. The Morgan fingerprint density at radius 1 is 1.00 bits per heavy atom. The molecule has 0 spiro atoms. The Labute approximate surface area is 187 Å². The maximum Gasteiger partial charge on any atom is 0.242 e. The van der Waals surface area contributed by atoms with Crippen molar-refractivity contribution in [2.75, 3.05) is 49.7 Å². The van der Waals surface area contributed by atoms with Gasteiger partial charge in [-0.3, -0.25) is 4.79 Å². The molecule has 1 amide bonds. The minimum absolute atomic E-state index is 0.00937. The number of para-hydroxylation sites is 2. The highest BCUT2D eigenvalue weighted by Crippen LogP contribution is 2.32. The molecule has 0 aliphatic carbocycles. The van der Waals surface area contributed by atoms with Gasteiger partial charge in [0.2, 0.25) is 15.9 Å². The van der Waals surface area contributed by atoms with Crippen LogP contribution < -0.4 is 24.4 Å². The summed E-state index contributed by atoms with van der Waals surface area (Å²) in [5.41, 5.74) is 1.50. The van der Waals surface area contributed by atoms with Crippen LogP contribution >= 0.6 is 0 Å². The van der Waals surface area contributed by atoms with Gasteiger partial charge in [-0.1, -0.05) is 12.1 Å². The van der Waals surface area contributed by atoms with E-state index in [1.807, 2.05) is 18.2 Å². The van der Waals surface area contributed by atoms with E-state index in [0.717, 1.165) is 25.2 Å². The second-order valence-electron chi connectivity index (χ2n) is 7.61. The third-order valence-electron chi connectivity index (χ3n) is 5.27. The monoisotopic (exact) mass is 461 g/mol. The van der Waals surface area contributed by atoms with E-state index < -0.39 is 22.0 Å². The fourth-order valence-corrected chi connectivity index (χ4v) is 4.78. The SMILES string of the molecule is C[C@H](NS(=O)(=O)c1ccc2c(c1)OCCCO2)C(=O)Nc1ccccc1N1CCOCC1. The lowest BCUT2D eigenvalue weighted by Gasteiger charge is -2.30. The van der Waals surface area contributed by atoms with Crippen molar-refractivity contribution in [3.63, 3.8) is 0 Å². The van der Waals surface area contributed by atoms with Crippen LogP contribution in [-0.4, -0.2) is 59.9 Å². The first-order valence-corrected chi connectivity index (χ1v) is 12.1. The smallest absolute Gasteiger partial charge is 0.242 e. The average Bonchev–Trinajstić information content (AvgIpc) is 3.04. The zero-order chi connectivity index (χ0) is 22.6. The van der Waals surface area contributed by atoms with E-state index in [-0.39, 0.29) is 4.90 Å². The van der Waals surface area contributed by atoms with Crippen LogP contribution in [0.5, 0.6) is 11.5 Å². The second-order valence-corrected chi connectivity index (χ2v) is 9.32. The van der Waals surface area contributed by atoms with Gasteiger partial charge in [0.15, 0.2) is 11.5 Å². The van der Waals surface area contributed by atoms with Crippen LogP contribution in [0.25, 0.3) is 0 Å². The summed E-state index contributed by atoms with van der Waals surface area (Å²) in [6, 6.07) is 10.9. The number of amides is 1. The molecule has 1 atom stereocenters. The van der Waals surface area contributed by atoms with Gasteiger partial charge in [0.25, 0.3) is 0 Å². The van der Waals surface area contributed by atoms with E-state index in [9.17, 15) is 13.2 Å². The number of sulfonamides is 1. The lowest BCUT2D eigenvalue weighted by atomic mass is 10.2. The molecule has 32 heavy (non-hydrogen) atoms. The standard InChI is InChI=1S/C22H27N3O6S/c1-16(22(26)23-18-5-2-3-6-19(18)25-9-13-29-14-10-25)24-32(27,28)17-7-8-20-21(15-17)31-12-4-11-30-20/h2-3,5-8,15-16,24H,4,9-14H2,1H3,(H,23,26)/t16-/m0/s1. The van der Waals surface area contributed by atoms with E-state index in [4.69, 9.17) is 14.2 Å². The van der Waals surface area contributed by atoms with Crippen LogP contribution in [0.4, 0.5) is 11.4 Å². The predicted molar refractivity (Wildman–Crippen MR) is 120 cm³/mol. The number of hydrogen-bond donors (Lipinski definition) is 2. The van der Waals surface area contributed by atoms with Gasteiger partial charge >= 0.3 is 0 Å². The highest BCUT2D eigenvalue weighted by molar-refractivity contribution is 7.89. The van der Waals surface area contributed by atoms with E-state index in [1.165, 1.54) is 19.1 Å². The number of nitrogens with zero attached hydrogens (tertiary/aromatic N) is 1. The van der Waals surface area contributed by atoms with Crippen LogP contribution in [0, 0.1) is 0 Å². The summed E-state index contributed by atoms with van der Waals surface area (Å²) in [6.45, 7) is 5.15. The van der Waals surface area contributed by atoms with Gasteiger partial charge < -0.3 is 24.4 Å². The van der Waals surface area contributed by atoms with Crippen molar-refractivity contribution < 1.29 is 27.4 Å². The number of nitrogens with one attached hydrogen (secondary N) is 2. The number of hydrogen-bond acceptors (Lipinski definition) is 7. The average molecular weight is 462 g/mol. The minimum Gasteiger partial charge on any atom is -0.490 e. The first-order valence-electron chi connectivity index (χ1n) is 10.6. The van der Waals surface area contributed by atoms with Crippen molar-refractivity contribution in [2.45, 2.75) is 24.3 Å². The Bertz CT molecular complexity index is 1070. The summed E-state index contributed by atoms with van der Waals surface area (Å²) in [5, 5.41) is 2.85. The topological polar surface area (TPSA) is 106 Å². The molecule has 2 aromatic rings. The molecule has 10 heteroatoms. The van der Waals surface area contributed by atoms with Crippen molar-refractivity contribution in [3.05, 3.63) is 42.5 Å². The van der Waals surface area contributed by atoms with Crippen molar-refractivity contribution in [2.24, 2.45) is 0 Å². The number of benzene rings is 2. The molecule has 4 rings (SSSR count). The highest BCUT2D eigenvalue weighted by atomic mass is 32.2. The zero-order valence-electron chi connectivity index (χ0n) is 17.9. The number of rotatable bonds is 6. The van der Waals surface area contributed by atoms with Crippen molar-refractivity contribution in [1.82, 2.24) is 4.72 Å². The second kappa shape index (κ2) is 9.76. The molecule has 0 bridgehead atoms. The molecule has 2 N–H and O–H groups in total. The Morgan fingerprint density at radius 2 is 1.72 bits per heavy atom. The summed E-state index contributed by atoms with van der Waals surface area (Å²) in [7, 11) is -3.95. The molecule has 1 saturated heterocycles. The van der Waals surface area contributed by atoms with Gasteiger partial charge in [-0.2, -0.15) is 4.72 Å². The highest BCUT2D eigenvalue weighted by Gasteiger charge is 2.25. The molecule has 0 aromatic heterocycles. The number of carbonyl (C=O) groups is 1. The van der Waals surface area contributed by atoms with E-state index >= 15 is 0 Å². The van der Waals surface area contributed by atoms with Crippen LogP contribution in [0.15, 0.2) is 47.4 Å². The maximum absolute atomic E-state index is 12.9. The predicted octanol–water partition coefficient (Wildman–Crippen LogP) is 1.99. The van der Waals surface area contributed by atoms with Crippen LogP contribution in [0.1, 0.15) is 13.3 Å². The van der Waals surface area contributed by atoms with Crippen LogP contribution in [0.3, 0.4) is 0 Å². The molecular formula is C22H27N3O6S. The van der Waals surface area contributed by atoms with E-state index in [2.05, 4.69) is 14.9 Å². The van der Waals surface area contributed by atoms with Crippen LogP contribution in [0.2, 0.25) is 0 Å². The van der Waals surface area contributed by atoms with Gasteiger partial charge in [0.05, 0.1) is 48.7 Å². The van der Waals surface area contributed by atoms with Gasteiger partial charge in [0.1, 0.15) is 0 Å². The van der Waals surface area contributed by atoms with Crippen molar-refractivity contribution in [1.29, 1.82) is 0 Å². The van der Waals surface area contributed by atoms with Gasteiger partial charge in [-0.05, 0) is 31.2 Å². The number of fused-ring (bicyclic) bond motifs is 1. The molecule has 0 unspecified atom stereocenters. The molecule has 2 aliphatic heterocycles. The summed E-state index contributed by atoms with van der Waals surface area (Å²) < 4.78 is 44.7. The van der Waals surface area contributed by atoms with Crippen LogP contribution in [-0.2, 0) is 19.6 Å². The molecule has 1 fully saturated rings. The summed E-state index contributed by atoms with van der Waals surface area (Å²) in [6.07, 6.45) is 0.720. The van der Waals surface area contributed by atoms with Gasteiger partial charge in [-0.15, -0.1) is 0 Å². The zero-order valence-corrected chi connectivity index (χ0v) is 18.7. The lowest BCUT2D eigenvalue weighted by Crippen LogP contribution is -2.42. The third-order valence-corrected chi connectivity index (χ3v) is 6.81. The number of ether oxygens (including phenoxy) is 3. The van der Waals surface area contributed by atoms with Crippen molar-refractivity contribution >= 4 is 27.3 Å². The summed E-state index contributed by atoms with van der Waals surface area (Å²) in [4.78, 5) is 14.9. The molecule has 2 heterocycles. The molecule has 172 valence electrons. The molecule has 2 aliphatic rings. The molecule has 9 nitrogen and oxygen atoms in total. The third kappa shape index (κ3) is 5.14. The normalized spacial score (nSPS) is 17.3. The van der Waals surface area contributed by atoms with Gasteiger partial charge in [-0.25, -0.2) is 8.42 Å². The molecule has 0 saturated carbocycles. The Hall–Kier alpha value is -2.82. The maximum atomic E-state index is 12.9. The fraction of sp³-hybridized carbons (Fsp3) is 0.409. The molecular weight excluding hydrogens is 434 g/mol. The Balaban J connectivity index is 1.45. The quantitative estimate of drug-likeness (QED) is 0.678. The number of anilines is 2. The Kier molecular flexibility index (Phi) is 6.83. The molecule has 2 aromatic carbocycles.